The number of hydrogen-bond acceptors (Lipinski definition) is 2. The summed E-state index contributed by atoms with van der Waals surface area (Å²) < 4.78 is 11.4. The molecule has 38 valence electrons. The van der Waals surface area contributed by atoms with E-state index >= 15 is 0 Å². The Morgan fingerprint density at radius 1 is 1.43 bits per heavy atom. The van der Waals surface area contributed by atoms with Crippen LogP contribution in [-0.4, -0.2) is 12.6 Å². The minimum absolute atomic E-state index is 0.0333. The van der Waals surface area contributed by atoms with Gasteiger partial charge in [0.1, 0.15) is 6.29 Å². The third kappa shape index (κ3) is 2.82. The van der Waals surface area contributed by atoms with E-state index in [9.17, 15) is 14.0 Å². The number of carbonyl (C=O) groups excluding carboxylic acids is 2. The molecule has 0 aromatic carbocycles. The number of halogens is 1. The molecule has 0 rings (SSSR count). The maximum absolute atomic E-state index is 11.4. The second-order valence-electron chi connectivity index (χ2n) is 0.805. The zero-order valence-corrected chi connectivity index (χ0v) is 3.43. The van der Waals surface area contributed by atoms with Gasteiger partial charge in [-0.05, 0) is 0 Å². The number of carbonyl (C=O) groups is 2. The maximum Gasteiger partial charge on any atom is 0.178 e. The van der Waals surface area contributed by atoms with Crippen molar-refractivity contribution < 1.29 is 14.0 Å². The van der Waals surface area contributed by atoms with Gasteiger partial charge in [-0.2, -0.15) is 0 Å². The highest BCUT2D eigenvalue weighted by Crippen LogP contribution is 1.84. The lowest BCUT2D eigenvalue weighted by atomic mass is 10.5. The minimum atomic E-state index is -1.05. The summed E-state index contributed by atoms with van der Waals surface area (Å²) in [6.07, 6.45) is 0.727. The fraction of sp³-hybridized carbons (Fsp3) is 0. The summed E-state index contributed by atoms with van der Waals surface area (Å²) in [7, 11) is 0. The van der Waals surface area contributed by atoms with Crippen LogP contribution in [0, 0.1) is 0 Å². The lowest BCUT2D eigenvalue weighted by Gasteiger charge is -1.68. The molecule has 0 bridgehead atoms. The molecule has 0 aliphatic carbocycles. The molecular weight excluding hydrogens is 99.0 g/mol. The van der Waals surface area contributed by atoms with E-state index in [2.05, 4.69) is 0 Å². The van der Waals surface area contributed by atoms with Crippen LogP contribution in [0.15, 0.2) is 11.9 Å². The van der Waals surface area contributed by atoms with E-state index in [1.807, 2.05) is 0 Å². The Bertz CT molecular complexity index is 106. The van der Waals surface area contributed by atoms with Crippen molar-refractivity contribution in [2.75, 3.05) is 0 Å². The molecule has 0 unspecified atom stereocenters. The van der Waals surface area contributed by atoms with Gasteiger partial charge in [0.2, 0.25) is 0 Å². The van der Waals surface area contributed by atoms with Gasteiger partial charge in [0.25, 0.3) is 0 Å². The molecule has 0 saturated carbocycles. The Labute approximate surface area is 39.6 Å². The van der Waals surface area contributed by atoms with Crippen LogP contribution in [0.2, 0.25) is 0 Å². The van der Waals surface area contributed by atoms with Gasteiger partial charge >= 0.3 is 0 Å². The summed E-state index contributed by atoms with van der Waals surface area (Å²) in [5.74, 6) is -1.05. The number of allylic oxidation sites excluding steroid dienone is 2. The SMILES string of the molecule is O=C/C=C(/F)C=O. The first-order valence-electron chi connectivity index (χ1n) is 1.57. The van der Waals surface area contributed by atoms with Gasteiger partial charge in [-0.15, -0.1) is 0 Å². The fourth-order valence-electron chi connectivity index (χ4n) is 0.104. The first-order valence-corrected chi connectivity index (χ1v) is 1.57. The summed E-state index contributed by atoms with van der Waals surface area (Å²) >= 11 is 0. The smallest absolute Gasteiger partial charge is 0.178 e. The van der Waals surface area contributed by atoms with Crippen molar-refractivity contribution in [2.24, 2.45) is 0 Å². The molecular formula is C4H3FO2. The quantitative estimate of drug-likeness (QED) is 0.369. The molecule has 0 spiro atoms. The second kappa shape index (κ2) is 3.21. The van der Waals surface area contributed by atoms with Crippen molar-refractivity contribution in [3.63, 3.8) is 0 Å². The van der Waals surface area contributed by atoms with E-state index in [1.54, 1.807) is 0 Å². The van der Waals surface area contributed by atoms with E-state index < -0.39 is 5.83 Å². The molecule has 0 saturated heterocycles. The first-order chi connectivity index (χ1) is 3.31. The summed E-state index contributed by atoms with van der Waals surface area (Å²) in [6, 6.07) is 0. The largest absolute Gasteiger partial charge is 0.298 e. The second-order valence-corrected chi connectivity index (χ2v) is 0.805. The average Bonchev–Trinajstić information content (AvgIpc) is 1.68. The molecule has 0 aromatic rings. The lowest BCUT2D eigenvalue weighted by Crippen LogP contribution is -1.72. The predicted molar refractivity (Wildman–Crippen MR) is 21.3 cm³/mol. The molecule has 2 nitrogen and oxygen atoms in total. The molecule has 0 N–H and O–H groups in total. The zero-order valence-electron chi connectivity index (χ0n) is 3.43. The molecule has 0 radical (unpaired) electrons. The maximum atomic E-state index is 11.4. The van der Waals surface area contributed by atoms with E-state index in [0.29, 0.717) is 6.08 Å². The first kappa shape index (κ1) is 6.01. The van der Waals surface area contributed by atoms with Gasteiger partial charge in [-0.25, -0.2) is 4.39 Å². The van der Waals surface area contributed by atoms with Crippen molar-refractivity contribution in [3.05, 3.63) is 11.9 Å². The Kier molecular flexibility index (Phi) is 2.76. The van der Waals surface area contributed by atoms with Crippen LogP contribution in [0.1, 0.15) is 0 Å². The van der Waals surface area contributed by atoms with Crippen LogP contribution in [0.3, 0.4) is 0 Å². The van der Waals surface area contributed by atoms with Crippen molar-refractivity contribution in [2.45, 2.75) is 0 Å². The molecule has 0 aliphatic heterocycles. The van der Waals surface area contributed by atoms with Gasteiger partial charge < -0.3 is 0 Å². The Hall–Kier alpha value is -0.990. The molecule has 7 heavy (non-hydrogen) atoms. The monoisotopic (exact) mass is 102 g/mol. The topological polar surface area (TPSA) is 34.1 Å². The predicted octanol–water partition coefficient (Wildman–Crippen LogP) is 0.238. The summed E-state index contributed by atoms with van der Waals surface area (Å²) in [5, 5.41) is 0. The van der Waals surface area contributed by atoms with Gasteiger partial charge in [0.15, 0.2) is 12.1 Å². The van der Waals surface area contributed by atoms with Gasteiger partial charge in [0.05, 0.1) is 0 Å². The Balaban J connectivity index is 3.72. The van der Waals surface area contributed by atoms with Crippen LogP contribution >= 0.6 is 0 Å². The average molecular weight is 102 g/mol. The standard InChI is InChI=1S/C4H3FO2/c5-4(3-7)1-2-6/h1-3H/b4-1+. The summed E-state index contributed by atoms with van der Waals surface area (Å²) in [6.45, 7) is 0. The molecule has 0 atom stereocenters. The van der Waals surface area contributed by atoms with Crippen LogP contribution in [0.25, 0.3) is 0 Å². The molecule has 0 aromatic heterocycles. The fourth-order valence-corrected chi connectivity index (χ4v) is 0.104. The Morgan fingerprint density at radius 2 is 2.00 bits per heavy atom. The van der Waals surface area contributed by atoms with Crippen LogP contribution in [0.4, 0.5) is 4.39 Å². The molecule has 0 amide bonds. The third-order valence-electron chi connectivity index (χ3n) is 0.340. The third-order valence-corrected chi connectivity index (χ3v) is 0.340. The van der Waals surface area contributed by atoms with Crippen LogP contribution in [-0.2, 0) is 9.59 Å². The highest BCUT2D eigenvalue weighted by Gasteiger charge is 1.82. The van der Waals surface area contributed by atoms with Crippen molar-refractivity contribution in [1.29, 1.82) is 0 Å². The lowest BCUT2D eigenvalue weighted by molar-refractivity contribution is -0.107. The van der Waals surface area contributed by atoms with E-state index in [1.165, 1.54) is 0 Å². The van der Waals surface area contributed by atoms with Crippen molar-refractivity contribution in [3.8, 4) is 0 Å². The highest BCUT2D eigenvalue weighted by molar-refractivity contribution is 5.79. The van der Waals surface area contributed by atoms with Crippen LogP contribution < -0.4 is 0 Å². The van der Waals surface area contributed by atoms with Crippen molar-refractivity contribution in [1.82, 2.24) is 0 Å². The van der Waals surface area contributed by atoms with Crippen LogP contribution in [0.5, 0.6) is 0 Å². The highest BCUT2D eigenvalue weighted by atomic mass is 19.1. The number of rotatable bonds is 2. The van der Waals surface area contributed by atoms with E-state index in [4.69, 9.17) is 0 Å². The molecule has 3 heteroatoms. The number of aldehydes is 2. The summed E-state index contributed by atoms with van der Waals surface area (Å²) in [4.78, 5) is 18.6. The molecule has 0 aliphatic rings. The van der Waals surface area contributed by atoms with Crippen molar-refractivity contribution >= 4 is 12.6 Å². The van der Waals surface area contributed by atoms with E-state index in [0.717, 1.165) is 0 Å². The van der Waals surface area contributed by atoms with E-state index in [-0.39, 0.29) is 12.6 Å². The van der Waals surface area contributed by atoms with Gasteiger partial charge in [-0.3, -0.25) is 9.59 Å². The van der Waals surface area contributed by atoms with Gasteiger partial charge in [-0.1, -0.05) is 0 Å². The molecule has 0 fully saturated rings. The van der Waals surface area contributed by atoms with Gasteiger partial charge in [0, 0.05) is 6.08 Å². The summed E-state index contributed by atoms with van der Waals surface area (Å²) in [5.41, 5.74) is 0. The number of hydrogen-bond donors (Lipinski definition) is 0. The Morgan fingerprint density at radius 3 is 2.14 bits per heavy atom. The molecule has 0 heterocycles. The normalized spacial score (nSPS) is 10.7. The zero-order chi connectivity index (χ0) is 5.70. The minimum Gasteiger partial charge on any atom is -0.298 e.